The van der Waals surface area contributed by atoms with Crippen molar-refractivity contribution >= 4 is 6.09 Å². The molecule has 4 heteroatoms. The third kappa shape index (κ3) is 6.31. The minimum Gasteiger partial charge on any atom is -0.442 e. The molecule has 1 amide bonds. The van der Waals surface area contributed by atoms with Gasteiger partial charge in [0.15, 0.2) is 0 Å². The summed E-state index contributed by atoms with van der Waals surface area (Å²) in [5.41, 5.74) is -0.481. The third-order valence-corrected chi connectivity index (χ3v) is 2.27. The molecule has 98 valence electrons. The molecule has 0 aromatic rings. The first-order valence-corrected chi connectivity index (χ1v) is 6.27. The molecule has 0 radical (unpaired) electrons. The molecule has 0 unspecified atom stereocenters. The number of hydrogen-bond donors (Lipinski definition) is 0. The fourth-order valence-electron chi connectivity index (χ4n) is 1.49. The maximum Gasteiger partial charge on any atom is 0.434 e. The summed E-state index contributed by atoms with van der Waals surface area (Å²) >= 11 is 0. The second kappa shape index (κ2) is 6.64. The van der Waals surface area contributed by atoms with Crippen molar-refractivity contribution in [1.29, 1.82) is 0 Å². The zero-order chi connectivity index (χ0) is 12.7. The normalized spacial score (nSPS) is 20.8. The van der Waals surface area contributed by atoms with Crippen molar-refractivity contribution in [3.63, 3.8) is 0 Å². The standard InChI is InChI=1S/C13H23NO3/c1-13(2,3)17-12(15)14-10-8-6-4-5-7-9-11-16-14/h4,6H,5,7-11H2,1-3H3/b6-4-. The lowest BCUT2D eigenvalue weighted by Gasteiger charge is -2.26. The number of ether oxygens (including phenoxy) is 1. The van der Waals surface area contributed by atoms with E-state index in [1.807, 2.05) is 20.8 Å². The predicted molar refractivity (Wildman–Crippen MR) is 66.5 cm³/mol. The maximum atomic E-state index is 11.8. The van der Waals surface area contributed by atoms with Gasteiger partial charge in [-0.15, -0.1) is 0 Å². The molecule has 0 spiro atoms. The Kier molecular flexibility index (Phi) is 5.48. The predicted octanol–water partition coefficient (Wildman–Crippen LogP) is 3.29. The van der Waals surface area contributed by atoms with Crippen LogP contribution in [0.4, 0.5) is 4.79 Å². The molecule has 0 saturated carbocycles. The van der Waals surface area contributed by atoms with Crippen molar-refractivity contribution in [3.8, 4) is 0 Å². The Morgan fingerprint density at radius 2 is 1.94 bits per heavy atom. The Bertz CT molecular complexity index is 268. The fourth-order valence-corrected chi connectivity index (χ4v) is 1.49. The Morgan fingerprint density at radius 1 is 1.24 bits per heavy atom. The van der Waals surface area contributed by atoms with Gasteiger partial charge in [-0.1, -0.05) is 12.2 Å². The molecule has 4 nitrogen and oxygen atoms in total. The molecule has 0 N–H and O–H groups in total. The van der Waals surface area contributed by atoms with E-state index < -0.39 is 11.7 Å². The fraction of sp³-hybridized carbons (Fsp3) is 0.769. The molecule has 1 aliphatic heterocycles. The Labute approximate surface area is 104 Å². The summed E-state index contributed by atoms with van der Waals surface area (Å²) < 4.78 is 5.28. The van der Waals surface area contributed by atoms with E-state index in [0.717, 1.165) is 25.7 Å². The van der Waals surface area contributed by atoms with E-state index >= 15 is 0 Å². The summed E-state index contributed by atoms with van der Waals surface area (Å²) in [5.74, 6) is 0. The zero-order valence-electron chi connectivity index (χ0n) is 11.1. The summed E-state index contributed by atoms with van der Waals surface area (Å²) in [6, 6.07) is 0. The van der Waals surface area contributed by atoms with Gasteiger partial charge in [-0.25, -0.2) is 4.79 Å². The van der Waals surface area contributed by atoms with Crippen LogP contribution in [0.3, 0.4) is 0 Å². The Balaban J connectivity index is 2.50. The average molecular weight is 241 g/mol. The van der Waals surface area contributed by atoms with Crippen molar-refractivity contribution in [3.05, 3.63) is 12.2 Å². The largest absolute Gasteiger partial charge is 0.442 e. The van der Waals surface area contributed by atoms with Gasteiger partial charge in [0.2, 0.25) is 0 Å². The average Bonchev–Trinajstić information content (AvgIpc) is 2.23. The number of hydrogen-bond acceptors (Lipinski definition) is 3. The molecule has 0 aliphatic carbocycles. The summed E-state index contributed by atoms with van der Waals surface area (Å²) in [7, 11) is 0. The number of rotatable bonds is 0. The van der Waals surface area contributed by atoms with Gasteiger partial charge in [-0.3, -0.25) is 4.84 Å². The van der Waals surface area contributed by atoms with Crippen LogP contribution < -0.4 is 0 Å². The van der Waals surface area contributed by atoms with Gasteiger partial charge >= 0.3 is 6.09 Å². The summed E-state index contributed by atoms with van der Waals surface area (Å²) in [5, 5.41) is 1.33. The van der Waals surface area contributed by atoms with Crippen LogP contribution in [-0.4, -0.2) is 29.9 Å². The quantitative estimate of drug-likeness (QED) is 0.611. The summed E-state index contributed by atoms with van der Waals surface area (Å²) in [6.07, 6.45) is 7.81. The first-order chi connectivity index (χ1) is 7.99. The molecule has 0 bridgehead atoms. The van der Waals surface area contributed by atoms with Crippen molar-refractivity contribution in [2.45, 2.75) is 52.1 Å². The molecule has 0 aromatic carbocycles. The second-order valence-corrected chi connectivity index (χ2v) is 5.17. The number of hydroxylamine groups is 2. The van der Waals surface area contributed by atoms with Crippen molar-refractivity contribution < 1.29 is 14.4 Å². The van der Waals surface area contributed by atoms with E-state index in [1.165, 1.54) is 5.06 Å². The molecule has 1 heterocycles. The van der Waals surface area contributed by atoms with Crippen LogP contribution in [0.2, 0.25) is 0 Å². The van der Waals surface area contributed by atoms with E-state index in [1.54, 1.807) is 0 Å². The van der Waals surface area contributed by atoms with Crippen LogP contribution in [0.25, 0.3) is 0 Å². The molecule has 0 saturated heterocycles. The van der Waals surface area contributed by atoms with Crippen molar-refractivity contribution in [1.82, 2.24) is 5.06 Å². The van der Waals surface area contributed by atoms with E-state index in [2.05, 4.69) is 12.2 Å². The molecule has 0 aromatic heterocycles. The van der Waals surface area contributed by atoms with Gasteiger partial charge in [-0.05, 0) is 46.5 Å². The van der Waals surface area contributed by atoms with E-state index in [4.69, 9.17) is 9.57 Å². The number of allylic oxidation sites excluding steroid dienone is 1. The molecule has 17 heavy (non-hydrogen) atoms. The number of nitrogens with zero attached hydrogens (tertiary/aromatic N) is 1. The Morgan fingerprint density at radius 3 is 2.65 bits per heavy atom. The maximum absolute atomic E-state index is 11.8. The molecule has 0 atom stereocenters. The molecule has 1 rings (SSSR count). The molecular weight excluding hydrogens is 218 g/mol. The topological polar surface area (TPSA) is 38.8 Å². The van der Waals surface area contributed by atoms with E-state index in [0.29, 0.717) is 13.2 Å². The molecular formula is C13H23NO3. The third-order valence-electron chi connectivity index (χ3n) is 2.27. The van der Waals surface area contributed by atoms with E-state index in [9.17, 15) is 4.79 Å². The summed E-state index contributed by atoms with van der Waals surface area (Å²) in [6.45, 7) is 6.68. The molecule has 0 fully saturated rings. The number of carbonyl (C=O) groups excluding carboxylic acids is 1. The van der Waals surface area contributed by atoms with Gasteiger partial charge in [0.1, 0.15) is 5.60 Å². The lowest BCUT2D eigenvalue weighted by molar-refractivity contribution is -0.147. The second-order valence-electron chi connectivity index (χ2n) is 5.17. The number of carbonyl (C=O) groups is 1. The monoisotopic (exact) mass is 241 g/mol. The van der Waals surface area contributed by atoms with Gasteiger partial charge < -0.3 is 4.74 Å². The lowest BCUT2D eigenvalue weighted by Crippen LogP contribution is -2.37. The van der Waals surface area contributed by atoms with Crippen molar-refractivity contribution in [2.24, 2.45) is 0 Å². The van der Waals surface area contributed by atoms with Gasteiger partial charge in [0.25, 0.3) is 0 Å². The van der Waals surface area contributed by atoms with Crippen LogP contribution in [-0.2, 0) is 9.57 Å². The SMILES string of the molecule is CC(C)(C)OC(=O)N1CC/C=C\CCCCO1. The highest BCUT2D eigenvalue weighted by Gasteiger charge is 2.22. The summed E-state index contributed by atoms with van der Waals surface area (Å²) in [4.78, 5) is 17.3. The Hall–Kier alpha value is -1.03. The minimum absolute atomic E-state index is 0.397. The highest BCUT2D eigenvalue weighted by Crippen LogP contribution is 2.12. The van der Waals surface area contributed by atoms with Crippen LogP contribution >= 0.6 is 0 Å². The first-order valence-electron chi connectivity index (χ1n) is 6.27. The lowest BCUT2D eigenvalue weighted by atomic mass is 10.2. The number of amides is 1. The highest BCUT2D eigenvalue weighted by molar-refractivity contribution is 5.66. The van der Waals surface area contributed by atoms with Crippen LogP contribution in [0.15, 0.2) is 12.2 Å². The van der Waals surface area contributed by atoms with Gasteiger partial charge in [0, 0.05) is 0 Å². The minimum atomic E-state index is -0.481. The van der Waals surface area contributed by atoms with E-state index in [-0.39, 0.29) is 0 Å². The van der Waals surface area contributed by atoms with Gasteiger partial charge in [-0.2, -0.15) is 5.06 Å². The van der Waals surface area contributed by atoms with Crippen LogP contribution in [0, 0.1) is 0 Å². The van der Waals surface area contributed by atoms with Gasteiger partial charge in [0.05, 0.1) is 13.2 Å². The van der Waals surface area contributed by atoms with Crippen molar-refractivity contribution in [2.75, 3.05) is 13.2 Å². The van der Waals surface area contributed by atoms with Crippen LogP contribution in [0.1, 0.15) is 46.5 Å². The molecule has 1 aliphatic rings. The first kappa shape index (κ1) is 14.0. The van der Waals surface area contributed by atoms with Crippen LogP contribution in [0.5, 0.6) is 0 Å². The smallest absolute Gasteiger partial charge is 0.434 e. The zero-order valence-corrected chi connectivity index (χ0v) is 11.1. The highest BCUT2D eigenvalue weighted by atomic mass is 16.7.